The van der Waals surface area contributed by atoms with Crippen LogP contribution in [0.2, 0.25) is 0 Å². The van der Waals surface area contributed by atoms with Crippen molar-refractivity contribution < 1.29 is 42.0 Å². The van der Waals surface area contributed by atoms with Crippen LogP contribution in [0.4, 0.5) is 11.8 Å². The lowest BCUT2D eigenvalue weighted by molar-refractivity contribution is -0.0548. The zero-order valence-corrected chi connectivity index (χ0v) is 24.5. The molecule has 4 aromatic rings. The van der Waals surface area contributed by atoms with E-state index in [0.29, 0.717) is 11.2 Å². The zero-order valence-electron chi connectivity index (χ0n) is 22.7. The minimum atomic E-state index is -4.82. The van der Waals surface area contributed by atoms with Crippen molar-refractivity contribution in [2.45, 2.75) is 50.2 Å². The number of hydrogen-bond donors (Lipinski definition) is 6. The molecule has 9 atom stereocenters. The molecule has 4 aromatic heterocycles. The van der Waals surface area contributed by atoms with Crippen LogP contribution in [0.15, 0.2) is 23.8 Å². The predicted molar refractivity (Wildman–Crippen MR) is 147 cm³/mol. The largest absolute Gasteiger partial charge is 0.472 e. The second-order valence-electron chi connectivity index (χ2n) is 10.5. The van der Waals surface area contributed by atoms with E-state index in [-0.39, 0.29) is 29.4 Å². The Morgan fingerprint density at radius 2 is 1.73 bits per heavy atom. The van der Waals surface area contributed by atoms with Gasteiger partial charge in [-0.2, -0.15) is 4.98 Å². The van der Waals surface area contributed by atoms with Crippen molar-refractivity contribution >= 4 is 49.7 Å². The monoisotopic (exact) mass is 655 g/mol. The molecule has 2 bridgehead atoms. The third-order valence-electron chi connectivity index (χ3n) is 7.76. The molecular formula is C21H27N11O10P2. The summed E-state index contributed by atoms with van der Waals surface area (Å²) in [5.41, 5.74) is 11.7. The van der Waals surface area contributed by atoms with Gasteiger partial charge in [0.15, 0.2) is 28.9 Å². The predicted octanol–water partition coefficient (Wildman–Crippen LogP) is -0.464. The van der Waals surface area contributed by atoms with Crippen molar-refractivity contribution in [3.05, 3.63) is 29.3 Å². The Morgan fingerprint density at radius 1 is 0.977 bits per heavy atom. The Morgan fingerprint density at radius 3 is 2.55 bits per heavy atom. The van der Waals surface area contributed by atoms with Gasteiger partial charge in [-0.1, -0.05) is 6.92 Å². The van der Waals surface area contributed by atoms with E-state index in [1.165, 1.54) is 23.5 Å². The van der Waals surface area contributed by atoms with Crippen LogP contribution < -0.4 is 22.1 Å². The number of rotatable bonds is 2. The first kappa shape index (κ1) is 29.4. The third kappa shape index (κ3) is 5.20. The van der Waals surface area contributed by atoms with Crippen LogP contribution >= 0.6 is 15.6 Å². The molecule has 0 spiro atoms. The summed E-state index contributed by atoms with van der Waals surface area (Å²) in [4.78, 5) is 56.7. The number of fused-ring (bicyclic) bond motifs is 5. The van der Waals surface area contributed by atoms with E-state index in [9.17, 15) is 23.7 Å². The van der Waals surface area contributed by atoms with Crippen LogP contribution in [0.1, 0.15) is 25.8 Å². The number of anilines is 2. The number of aromatic nitrogens is 8. The average molecular weight is 655 g/mol. The molecule has 21 nitrogen and oxygen atoms in total. The Labute approximate surface area is 246 Å². The van der Waals surface area contributed by atoms with Gasteiger partial charge in [-0.25, -0.2) is 34.2 Å². The summed E-state index contributed by atoms with van der Waals surface area (Å²) < 4.78 is 58.0. The van der Waals surface area contributed by atoms with Gasteiger partial charge in [0.2, 0.25) is 5.95 Å². The fourth-order valence-corrected chi connectivity index (χ4v) is 7.70. The van der Waals surface area contributed by atoms with Crippen LogP contribution in [0.3, 0.4) is 0 Å². The van der Waals surface area contributed by atoms with E-state index in [4.69, 9.17) is 34.5 Å². The molecule has 23 heteroatoms. The van der Waals surface area contributed by atoms with Crippen molar-refractivity contribution in [2.75, 3.05) is 24.7 Å². The SMILES string of the molecule is CC1C2COP(=O)(O)NC3CC(n4cnc5c(N)ncnc54)OC3COP(=O)(O)OC1C(n1cnc3c(=O)[nH]c(N)nc31)O2. The summed E-state index contributed by atoms with van der Waals surface area (Å²) in [6, 6.07) is -0.886. The lowest BCUT2D eigenvalue weighted by atomic mass is 10.0. The molecule has 0 saturated carbocycles. The van der Waals surface area contributed by atoms with Gasteiger partial charge >= 0.3 is 15.6 Å². The van der Waals surface area contributed by atoms with Crippen molar-refractivity contribution in [2.24, 2.45) is 5.92 Å². The topological polar surface area (TPSA) is 292 Å². The number of phosphoric ester groups is 1. The summed E-state index contributed by atoms with van der Waals surface area (Å²) in [5.74, 6) is -0.727. The lowest BCUT2D eigenvalue weighted by Crippen LogP contribution is -2.37. The Kier molecular flexibility index (Phi) is 7.09. The van der Waals surface area contributed by atoms with Crippen LogP contribution in [0.5, 0.6) is 0 Å². The van der Waals surface area contributed by atoms with Crippen molar-refractivity contribution in [1.82, 2.24) is 44.1 Å². The number of H-pyrrole nitrogens is 1. The second-order valence-corrected chi connectivity index (χ2v) is 13.5. The number of aromatic amines is 1. The number of phosphoric acid groups is 1. The molecule has 0 aromatic carbocycles. The normalized spacial score (nSPS) is 36.6. The molecule has 3 fully saturated rings. The minimum Gasteiger partial charge on any atom is -0.382 e. The molecule has 236 valence electrons. The third-order valence-corrected chi connectivity index (χ3v) is 9.90. The number of ether oxygens (including phenoxy) is 2. The van der Waals surface area contributed by atoms with Gasteiger partial charge in [0, 0.05) is 12.3 Å². The molecule has 3 aliphatic heterocycles. The van der Waals surface area contributed by atoms with E-state index in [1.807, 2.05) is 0 Å². The van der Waals surface area contributed by atoms with Gasteiger partial charge in [0.1, 0.15) is 30.3 Å². The molecule has 8 N–H and O–H groups in total. The van der Waals surface area contributed by atoms with Crippen LogP contribution in [0.25, 0.3) is 22.3 Å². The van der Waals surface area contributed by atoms with Crippen molar-refractivity contribution in [3.63, 3.8) is 0 Å². The molecule has 0 aliphatic carbocycles. The number of nitrogens with zero attached hydrogens (tertiary/aromatic N) is 7. The molecule has 3 aliphatic rings. The number of imidazole rings is 2. The number of nitrogens with two attached hydrogens (primary N) is 2. The highest BCUT2D eigenvalue weighted by molar-refractivity contribution is 7.50. The van der Waals surface area contributed by atoms with Gasteiger partial charge in [0.05, 0.1) is 38.0 Å². The highest BCUT2D eigenvalue weighted by atomic mass is 31.2. The molecule has 44 heavy (non-hydrogen) atoms. The average Bonchev–Trinajstić information content (AvgIpc) is 3.72. The molecule has 7 rings (SSSR count). The fourth-order valence-electron chi connectivity index (χ4n) is 5.59. The fraction of sp³-hybridized carbons (Fsp3) is 0.524. The van der Waals surface area contributed by atoms with E-state index >= 15 is 0 Å². The van der Waals surface area contributed by atoms with Gasteiger partial charge in [-0.3, -0.25) is 32.5 Å². The maximum Gasteiger partial charge on any atom is 0.472 e. The minimum absolute atomic E-state index is 0.0233. The van der Waals surface area contributed by atoms with Gasteiger partial charge < -0.3 is 30.7 Å². The summed E-state index contributed by atoms with van der Waals surface area (Å²) >= 11 is 0. The first-order valence-electron chi connectivity index (χ1n) is 13.3. The van der Waals surface area contributed by atoms with Crippen molar-refractivity contribution in [3.8, 4) is 0 Å². The maximum atomic E-state index is 13.3. The van der Waals surface area contributed by atoms with E-state index in [2.05, 4.69) is 35.0 Å². The zero-order chi connectivity index (χ0) is 31.0. The highest BCUT2D eigenvalue weighted by Gasteiger charge is 2.50. The number of nitrogens with one attached hydrogen (secondary N) is 2. The Balaban J connectivity index is 1.19. The number of hydrogen-bond acceptors (Lipinski definition) is 15. The van der Waals surface area contributed by atoms with Crippen LogP contribution in [0, 0.1) is 5.92 Å². The molecule has 0 radical (unpaired) electrons. The Bertz CT molecular complexity index is 1900. The molecule has 0 amide bonds. The van der Waals surface area contributed by atoms with E-state index < -0.39 is 77.1 Å². The van der Waals surface area contributed by atoms with E-state index in [0.717, 1.165) is 0 Å². The lowest BCUT2D eigenvalue weighted by Gasteiger charge is -2.26. The summed E-state index contributed by atoms with van der Waals surface area (Å²) in [6.07, 6.45) is -1.08. The first-order chi connectivity index (χ1) is 20.9. The van der Waals surface area contributed by atoms with E-state index in [1.54, 1.807) is 11.5 Å². The summed E-state index contributed by atoms with van der Waals surface area (Å²) in [7, 11) is -9.33. The maximum absolute atomic E-state index is 13.3. The Hall–Kier alpha value is -3.36. The van der Waals surface area contributed by atoms with Gasteiger partial charge in [-0.15, -0.1) is 0 Å². The first-order valence-corrected chi connectivity index (χ1v) is 16.3. The quantitative estimate of drug-likeness (QED) is 0.149. The summed E-state index contributed by atoms with van der Waals surface area (Å²) in [5, 5.41) is 2.57. The van der Waals surface area contributed by atoms with Crippen molar-refractivity contribution in [1.29, 1.82) is 0 Å². The summed E-state index contributed by atoms with van der Waals surface area (Å²) in [6.45, 7) is 0.695. The molecule has 9 unspecified atom stereocenters. The second kappa shape index (κ2) is 10.6. The smallest absolute Gasteiger partial charge is 0.382 e. The molecule has 3 saturated heterocycles. The van der Waals surface area contributed by atoms with Gasteiger partial charge in [-0.05, 0) is 0 Å². The molecular weight excluding hydrogens is 628 g/mol. The molecule has 7 heterocycles. The standard InChI is InChI=1S/C21H27N11O10P2/c1-8-10-3-38-43(34,35)30-9-2-12(31-6-26-13-16(22)24-5-25-17(13)31)40-11(9)4-39-44(36,37)42-15(8)20(41-10)32-7-27-14-18(32)28-21(23)29-19(14)33/h5-12,15,20H,2-4H2,1H3,(H,36,37)(H2,22,24,25)(H2,30,34,35)(H3,23,28,29,33). The number of nitrogen functional groups attached to an aromatic ring is 2. The highest BCUT2D eigenvalue weighted by Crippen LogP contribution is 2.53. The van der Waals surface area contributed by atoms with Crippen LogP contribution in [-0.2, 0) is 32.2 Å². The van der Waals surface area contributed by atoms with Crippen LogP contribution in [-0.4, -0.2) is 86.4 Å². The van der Waals surface area contributed by atoms with Gasteiger partial charge in [0.25, 0.3) is 5.56 Å².